The second-order valence-corrected chi connectivity index (χ2v) is 7.68. The van der Waals surface area contributed by atoms with Crippen LogP contribution in [0.15, 0.2) is 24.4 Å². The van der Waals surface area contributed by atoms with Crippen LogP contribution in [0.4, 0.5) is 5.69 Å². The third-order valence-corrected chi connectivity index (χ3v) is 5.61. The SMILES string of the molecule is Cc1cnc(C(=O)NC2COc3cc(C#N)ccc3N(C)C2=O)nc1C1CCOCC1. The molecule has 1 N–H and O–H groups in total. The van der Waals surface area contributed by atoms with Crippen LogP contribution in [0.5, 0.6) is 5.75 Å². The number of nitrogens with one attached hydrogen (secondary N) is 1. The highest BCUT2D eigenvalue weighted by atomic mass is 16.5. The van der Waals surface area contributed by atoms with Gasteiger partial charge in [0, 0.05) is 38.4 Å². The average Bonchev–Trinajstić information content (AvgIpc) is 2.91. The van der Waals surface area contributed by atoms with E-state index in [1.54, 1.807) is 31.4 Å². The molecule has 0 spiro atoms. The summed E-state index contributed by atoms with van der Waals surface area (Å²) >= 11 is 0. The summed E-state index contributed by atoms with van der Waals surface area (Å²) in [7, 11) is 1.60. The summed E-state index contributed by atoms with van der Waals surface area (Å²) in [5.74, 6) is -0.196. The quantitative estimate of drug-likeness (QED) is 0.801. The largest absolute Gasteiger partial charge is 0.489 e. The Labute approximate surface area is 180 Å². The molecule has 3 heterocycles. The summed E-state index contributed by atoms with van der Waals surface area (Å²) in [6.07, 6.45) is 3.34. The van der Waals surface area contributed by atoms with Gasteiger partial charge in [0.2, 0.25) is 5.82 Å². The predicted octanol–water partition coefficient (Wildman–Crippen LogP) is 1.70. The molecule has 1 fully saturated rings. The van der Waals surface area contributed by atoms with E-state index in [2.05, 4.69) is 15.3 Å². The van der Waals surface area contributed by atoms with E-state index in [4.69, 9.17) is 14.7 Å². The first kappa shape index (κ1) is 20.8. The number of amides is 2. The van der Waals surface area contributed by atoms with Gasteiger partial charge < -0.3 is 19.7 Å². The van der Waals surface area contributed by atoms with Crippen LogP contribution in [0.2, 0.25) is 0 Å². The number of hydrogen-bond donors (Lipinski definition) is 1. The number of aryl methyl sites for hydroxylation is 1. The topological polar surface area (TPSA) is 117 Å². The lowest BCUT2D eigenvalue weighted by molar-refractivity contribution is -0.120. The minimum Gasteiger partial charge on any atom is -0.489 e. The number of nitrogens with zero attached hydrogens (tertiary/aromatic N) is 4. The van der Waals surface area contributed by atoms with Crippen LogP contribution in [-0.2, 0) is 9.53 Å². The standard InChI is InChI=1S/C22H23N5O4/c1-13-11-24-20(26-19(13)15-5-7-30-8-6-15)21(28)25-16-12-31-18-9-14(10-23)3-4-17(18)27(2)22(16)29/h3-4,9,11,15-16H,5-8,12H2,1-2H3,(H,25,28). The van der Waals surface area contributed by atoms with Gasteiger partial charge in [0.15, 0.2) is 0 Å². The highest BCUT2D eigenvalue weighted by Gasteiger charge is 2.32. The van der Waals surface area contributed by atoms with Crippen LogP contribution in [0.3, 0.4) is 0 Å². The first-order valence-electron chi connectivity index (χ1n) is 10.1. The Bertz CT molecular complexity index is 1060. The molecule has 4 rings (SSSR count). The molecule has 2 amide bonds. The Hall–Kier alpha value is -3.51. The molecule has 1 atom stereocenters. The van der Waals surface area contributed by atoms with Crippen molar-refractivity contribution in [1.82, 2.24) is 15.3 Å². The first-order chi connectivity index (χ1) is 15.0. The minimum atomic E-state index is -0.910. The summed E-state index contributed by atoms with van der Waals surface area (Å²) in [4.78, 5) is 35.9. The highest BCUT2D eigenvalue weighted by molar-refractivity contribution is 6.02. The van der Waals surface area contributed by atoms with Gasteiger partial charge in [-0.05, 0) is 37.5 Å². The van der Waals surface area contributed by atoms with Gasteiger partial charge in [-0.15, -0.1) is 0 Å². The molecule has 0 radical (unpaired) electrons. The van der Waals surface area contributed by atoms with Gasteiger partial charge in [-0.1, -0.05) is 0 Å². The van der Waals surface area contributed by atoms with Crippen LogP contribution in [0.25, 0.3) is 0 Å². The molecule has 2 aliphatic rings. The highest BCUT2D eigenvalue weighted by Crippen LogP contribution is 2.31. The summed E-state index contributed by atoms with van der Waals surface area (Å²) in [5, 5.41) is 11.8. The number of carbonyl (C=O) groups excluding carboxylic acids is 2. The van der Waals surface area contributed by atoms with Crippen LogP contribution < -0.4 is 15.0 Å². The molecule has 0 saturated carbocycles. The zero-order chi connectivity index (χ0) is 22.0. The number of benzene rings is 1. The Morgan fingerprint density at radius 2 is 2.10 bits per heavy atom. The molecule has 1 saturated heterocycles. The number of anilines is 1. The monoisotopic (exact) mass is 421 g/mol. The Morgan fingerprint density at radius 3 is 2.84 bits per heavy atom. The predicted molar refractivity (Wildman–Crippen MR) is 111 cm³/mol. The Morgan fingerprint density at radius 1 is 1.32 bits per heavy atom. The van der Waals surface area contributed by atoms with Crippen molar-refractivity contribution < 1.29 is 19.1 Å². The second-order valence-electron chi connectivity index (χ2n) is 7.68. The van der Waals surface area contributed by atoms with Crippen molar-refractivity contribution >= 4 is 17.5 Å². The minimum absolute atomic E-state index is 0.0241. The number of rotatable bonds is 3. The average molecular weight is 421 g/mol. The van der Waals surface area contributed by atoms with Crippen LogP contribution in [0.1, 0.15) is 46.2 Å². The van der Waals surface area contributed by atoms with Crippen molar-refractivity contribution in [2.75, 3.05) is 31.8 Å². The third-order valence-electron chi connectivity index (χ3n) is 5.61. The number of nitriles is 1. The zero-order valence-corrected chi connectivity index (χ0v) is 17.4. The van der Waals surface area contributed by atoms with Crippen molar-refractivity contribution in [2.45, 2.75) is 31.7 Å². The van der Waals surface area contributed by atoms with Gasteiger partial charge in [-0.3, -0.25) is 9.59 Å². The normalized spacial score (nSPS) is 19.1. The maximum Gasteiger partial charge on any atom is 0.289 e. The molecule has 9 nitrogen and oxygen atoms in total. The van der Waals surface area contributed by atoms with E-state index in [0.29, 0.717) is 30.2 Å². The van der Waals surface area contributed by atoms with Crippen molar-refractivity contribution in [3.8, 4) is 11.8 Å². The number of aromatic nitrogens is 2. The molecule has 1 aromatic carbocycles. The lowest BCUT2D eigenvalue weighted by atomic mass is 9.94. The van der Waals surface area contributed by atoms with Gasteiger partial charge in [0.25, 0.3) is 11.8 Å². The molecule has 1 aromatic heterocycles. The summed E-state index contributed by atoms with van der Waals surface area (Å²) in [6, 6.07) is 5.98. The van der Waals surface area contributed by atoms with Gasteiger partial charge in [0.05, 0.1) is 23.0 Å². The van der Waals surface area contributed by atoms with Crippen molar-refractivity contribution in [3.05, 3.63) is 47.0 Å². The van der Waals surface area contributed by atoms with Gasteiger partial charge >= 0.3 is 0 Å². The molecule has 0 aliphatic carbocycles. The molecule has 31 heavy (non-hydrogen) atoms. The molecular weight excluding hydrogens is 398 g/mol. The Kier molecular flexibility index (Phi) is 5.82. The van der Waals surface area contributed by atoms with Crippen molar-refractivity contribution in [2.24, 2.45) is 0 Å². The fraction of sp³-hybridized carbons (Fsp3) is 0.409. The van der Waals surface area contributed by atoms with Gasteiger partial charge in [0.1, 0.15) is 18.4 Å². The lowest BCUT2D eigenvalue weighted by Crippen LogP contribution is -2.49. The number of carbonyl (C=O) groups is 2. The van der Waals surface area contributed by atoms with E-state index in [9.17, 15) is 9.59 Å². The van der Waals surface area contributed by atoms with Crippen molar-refractivity contribution in [3.63, 3.8) is 0 Å². The van der Waals surface area contributed by atoms with E-state index in [0.717, 1.165) is 24.1 Å². The van der Waals surface area contributed by atoms with Crippen LogP contribution in [-0.4, -0.2) is 54.7 Å². The van der Waals surface area contributed by atoms with Crippen LogP contribution in [0, 0.1) is 18.3 Å². The first-order valence-corrected chi connectivity index (χ1v) is 10.1. The summed E-state index contributed by atoms with van der Waals surface area (Å²) in [6.45, 7) is 3.21. The third kappa shape index (κ3) is 4.20. The number of fused-ring (bicyclic) bond motifs is 1. The summed E-state index contributed by atoms with van der Waals surface area (Å²) < 4.78 is 11.2. The number of ether oxygens (including phenoxy) is 2. The van der Waals surface area contributed by atoms with Crippen LogP contribution >= 0.6 is 0 Å². The fourth-order valence-corrected chi connectivity index (χ4v) is 3.85. The number of likely N-dealkylation sites (N-methyl/N-ethyl adjacent to an activating group) is 1. The molecule has 1 unspecified atom stereocenters. The maximum absolute atomic E-state index is 12.9. The second kappa shape index (κ2) is 8.70. The molecule has 9 heteroatoms. The molecular formula is C22H23N5O4. The van der Waals surface area contributed by atoms with Gasteiger partial charge in [-0.25, -0.2) is 9.97 Å². The molecule has 2 aliphatic heterocycles. The maximum atomic E-state index is 12.9. The Balaban J connectivity index is 1.52. The lowest BCUT2D eigenvalue weighted by Gasteiger charge is -2.23. The van der Waals surface area contributed by atoms with Crippen molar-refractivity contribution in [1.29, 1.82) is 5.26 Å². The van der Waals surface area contributed by atoms with E-state index >= 15 is 0 Å². The fourth-order valence-electron chi connectivity index (χ4n) is 3.85. The number of hydrogen-bond acceptors (Lipinski definition) is 7. The smallest absolute Gasteiger partial charge is 0.289 e. The van der Waals surface area contributed by atoms with E-state index < -0.39 is 11.9 Å². The van der Waals surface area contributed by atoms with Gasteiger partial charge in [-0.2, -0.15) is 5.26 Å². The summed E-state index contributed by atoms with van der Waals surface area (Å²) in [5.41, 5.74) is 2.74. The zero-order valence-electron chi connectivity index (χ0n) is 17.4. The molecule has 160 valence electrons. The molecule has 2 aromatic rings. The molecule has 0 bridgehead atoms. The van der Waals surface area contributed by atoms with E-state index in [1.807, 2.05) is 13.0 Å². The van der Waals surface area contributed by atoms with E-state index in [1.165, 1.54) is 4.90 Å². The van der Waals surface area contributed by atoms with E-state index in [-0.39, 0.29) is 24.3 Å².